The third-order valence-electron chi connectivity index (χ3n) is 2.53. The summed E-state index contributed by atoms with van der Waals surface area (Å²) in [5, 5.41) is 13.9. The van der Waals surface area contributed by atoms with Crippen molar-refractivity contribution in [3.63, 3.8) is 0 Å². The van der Waals surface area contributed by atoms with Crippen LogP contribution in [0.3, 0.4) is 0 Å². The monoisotopic (exact) mass is 310 g/mol. The minimum Gasteiger partial charge on any atom is -0.477 e. The van der Waals surface area contributed by atoms with Crippen molar-refractivity contribution in [3.05, 3.63) is 33.0 Å². The number of thiazole rings is 1. The van der Waals surface area contributed by atoms with E-state index < -0.39 is 5.97 Å². The van der Waals surface area contributed by atoms with Gasteiger partial charge in [-0.25, -0.2) is 9.78 Å². The van der Waals surface area contributed by atoms with Crippen LogP contribution in [0.4, 0.5) is 5.13 Å². The second-order valence-corrected chi connectivity index (χ2v) is 7.15. The molecule has 0 saturated carbocycles. The van der Waals surface area contributed by atoms with Crippen LogP contribution in [0.25, 0.3) is 0 Å². The first kappa shape index (κ1) is 14.7. The third-order valence-corrected chi connectivity index (χ3v) is 4.36. The Morgan fingerprint density at radius 1 is 1.25 bits per heavy atom. The normalized spacial score (nSPS) is 11.3. The minimum atomic E-state index is -1.03. The van der Waals surface area contributed by atoms with Gasteiger partial charge in [-0.3, -0.25) is 10.1 Å². The van der Waals surface area contributed by atoms with Crippen LogP contribution in [0.5, 0.6) is 0 Å². The first-order valence-electron chi connectivity index (χ1n) is 5.88. The number of aromatic carboxylic acids is 1. The van der Waals surface area contributed by atoms with Gasteiger partial charge in [0.2, 0.25) is 0 Å². The van der Waals surface area contributed by atoms with Crippen LogP contribution in [0, 0.1) is 0 Å². The average molecular weight is 310 g/mol. The van der Waals surface area contributed by atoms with Crippen LogP contribution in [0.1, 0.15) is 45.8 Å². The summed E-state index contributed by atoms with van der Waals surface area (Å²) in [4.78, 5) is 27.6. The number of hydrogen-bond acceptors (Lipinski definition) is 5. The maximum atomic E-state index is 12.0. The van der Waals surface area contributed by atoms with Crippen molar-refractivity contribution in [1.82, 2.24) is 4.98 Å². The Hall–Kier alpha value is -1.73. The van der Waals surface area contributed by atoms with E-state index >= 15 is 0 Å². The number of carbonyl (C=O) groups excluding carboxylic acids is 1. The molecule has 0 aliphatic carbocycles. The maximum Gasteiger partial charge on any atom is 0.345 e. The lowest BCUT2D eigenvalue weighted by Crippen LogP contribution is -2.13. The topological polar surface area (TPSA) is 79.3 Å². The number of nitrogens with zero attached hydrogens (tertiary/aromatic N) is 1. The molecule has 0 fully saturated rings. The molecule has 0 saturated heterocycles. The van der Waals surface area contributed by atoms with Gasteiger partial charge in [0.05, 0.1) is 10.6 Å². The summed E-state index contributed by atoms with van der Waals surface area (Å²) in [5.74, 6) is -1.37. The van der Waals surface area contributed by atoms with Gasteiger partial charge in [0.15, 0.2) is 5.13 Å². The summed E-state index contributed by atoms with van der Waals surface area (Å²) in [6, 6.07) is 2.92. The molecule has 0 unspecified atom stereocenters. The Labute approximate surface area is 124 Å². The molecule has 20 heavy (non-hydrogen) atoms. The summed E-state index contributed by atoms with van der Waals surface area (Å²) >= 11 is 2.30. The van der Waals surface area contributed by atoms with Crippen LogP contribution in [-0.4, -0.2) is 22.0 Å². The quantitative estimate of drug-likeness (QED) is 0.910. The maximum absolute atomic E-state index is 12.0. The zero-order chi connectivity index (χ0) is 14.9. The Bertz CT molecular complexity index is 653. The Morgan fingerprint density at radius 3 is 2.40 bits per heavy atom. The number of amides is 1. The fourth-order valence-corrected chi connectivity index (χ4v) is 3.08. The van der Waals surface area contributed by atoms with Crippen molar-refractivity contribution >= 4 is 39.7 Å². The van der Waals surface area contributed by atoms with Gasteiger partial charge in [-0.05, 0) is 12.1 Å². The number of hydrogen-bond donors (Lipinski definition) is 2. The molecule has 2 aromatic heterocycles. The Balaban J connectivity index is 2.11. The lowest BCUT2D eigenvalue weighted by molar-refractivity contribution is 0.0702. The van der Waals surface area contributed by atoms with E-state index in [0.29, 0.717) is 10.0 Å². The first-order valence-corrected chi connectivity index (χ1v) is 7.57. The van der Waals surface area contributed by atoms with Crippen molar-refractivity contribution in [2.45, 2.75) is 26.2 Å². The number of thiophene rings is 1. The molecular formula is C13H14N2O3S2. The van der Waals surface area contributed by atoms with E-state index in [2.05, 4.69) is 10.3 Å². The fourth-order valence-electron chi connectivity index (χ4n) is 1.41. The summed E-state index contributed by atoms with van der Waals surface area (Å²) in [5.41, 5.74) is 0.842. The summed E-state index contributed by atoms with van der Waals surface area (Å²) in [6.45, 7) is 6.14. The molecule has 2 heterocycles. The van der Waals surface area contributed by atoms with Gasteiger partial charge in [-0.2, -0.15) is 0 Å². The van der Waals surface area contributed by atoms with Crippen LogP contribution in [-0.2, 0) is 5.41 Å². The number of carboxylic acids is 1. The molecule has 0 atom stereocenters. The lowest BCUT2D eigenvalue weighted by Gasteiger charge is -2.14. The van der Waals surface area contributed by atoms with Gasteiger partial charge in [-0.15, -0.1) is 22.7 Å². The van der Waals surface area contributed by atoms with Gasteiger partial charge in [0, 0.05) is 10.8 Å². The molecule has 2 rings (SSSR count). The molecule has 7 heteroatoms. The van der Waals surface area contributed by atoms with Gasteiger partial charge >= 0.3 is 5.97 Å². The van der Waals surface area contributed by atoms with E-state index in [1.165, 1.54) is 23.5 Å². The highest BCUT2D eigenvalue weighted by atomic mass is 32.1. The van der Waals surface area contributed by atoms with E-state index in [9.17, 15) is 9.59 Å². The molecule has 0 aliphatic rings. The van der Waals surface area contributed by atoms with Crippen molar-refractivity contribution in [1.29, 1.82) is 0 Å². The van der Waals surface area contributed by atoms with E-state index in [1.807, 2.05) is 26.2 Å². The van der Waals surface area contributed by atoms with Crippen molar-refractivity contribution < 1.29 is 14.7 Å². The average Bonchev–Trinajstić information content (AvgIpc) is 2.95. The number of carbonyl (C=O) groups is 2. The molecule has 2 N–H and O–H groups in total. The number of aromatic nitrogens is 1. The van der Waals surface area contributed by atoms with Crippen LogP contribution in [0.15, 0.2) is 17.5 Å². The molecule has 2 aromatic rings. The number of anilines is 1. The zero-order valence-corrected chi connectivity index (χ0v) is 12.9. The second-order valence-electron chi connectivity index (χ2n) is 5.21. The largest absolute Gasteiger partial charge is 0.477 e. The predicted molar refractivity (Wildman–Crippen MR) is 80.0 cm³/mol. The van der Waals surface area contributed by atoms with E-state index in [-0.39, 0.29) is 16.2 Å². The molecule has 5 nitrogen and oxygen atoms in total. The summed E-state index contributed by atoms with van der Waals surface area (Å²) < 4.78 is 0. The van der Waals surface area contributed by atoms with E-state index in [4.69, 9.17) is 5.11 Å². The van der Waals surface area contributed by atoms with Gasteiger partial charge in [0.25, 0.3) is 5.91 Å². The second kappa shape index (κ2) is 5.34. The highest BCUT2D eigenvalue weighted by Crippen LogP contribution is 2.27. The van der Waals surface area contributed by atoms with Crippen molar-refractivity contribution in [2.75, 3.05) is 5.32 Å². The molecule has 106 valence electrons. The molecular weight excluding hydrogens is 296 g/mol. The van der Waals surface area contributed by atoms with Crippen LogP contribution >= 0.6 is 22.7 Å². The predicted octanol–water partition coefficient (Wildman–Crippen LogP) is 3.45. The molecule has 0 spiro atoms. The number of carboxylic acid groups (broad SMARTS) is 1. The first-order chi connectivity index (χ1) is 9.27. The van der Waals surface area contributed by atoms with Crippen molar-refractivity contribution in [3.8, 4) is 0 Å². The summed E-state index contributed by atoms with van der Waals surface area (Å²) in [7, 11) is 0. The zero-order valence-electron chi connectivity index (χ0n) is 11.3. The lowest BCUT2D eigenvalue weighted by atomic mass is 9.93. The minimum absolute atomic E-state index is 0.0705. The Morgan fingerprint density at radius 2 is 1.90 bits per heavy atom. The van der Waals surface area contributed by atoms with Gasteiger partial charge in [0.1, 0.15) is 4.88 Å². The highest BCUT2D eigenvalue weighted by Gasteiger charge is 2.19. The van der Waals surface area contributed by atoms with Crippen LogP contribution in [0.2, 0.25) is 0 Å². The molecule has 0 aliphatic heterocycles. The van der Waals surface area contributed by atoms with E-state index in [0.717, 1.165) is 17.0 Å². The standard InChI is InChI=1S/C13H14N2O3S2/c1-13(2,3)9-6-19-12(14-9)15-10(16)7-4-5-8(20-7)11(17)18/h4-6H,1-3H3,(H,17,18)(H,14,15,16). The fraction of sp³-hybridized carbons (Fsp3) is 0.308. The van der Waals surface area contributed by atoms with E-state index in [1.54, 1.807) is 0 Å². The highest BCUT2D eigenvalue weighted by molar-refractivity contribution is 7.16. The third kappa shape index (κ3) is 3.23. The summed E-state index contributed by atoms with van der Waals surface area (Å²) in [6.07, 6.45) is 0. The number of nitrogens with one attached hydrogen (secondary N) is 1. The molecule has 0 radical (unpaired) electrons. The van der Waals surface area contributed by atoms with Crippen molar-refractivity contribution in [2.24, 2.45) is 0 Å². The SMILES string of the molecule is CC(C)(C)c1csc(NC(=O)c2ccc(C(=O)O)s2)n1. The van der Waals surface area contributed by atoms with Gasteiger partial charge in [-0.1, -0.05) is 20.8 Å². The van der Waals surface area contributed by atoms with Gasteiger partial charge < -0.3 is 5.11 Å². The number of rotatable bonds is 3. The molecule has 0 bridgehead atoms. The van der Waals surface area contributed by atoms with Crippen LogP contribution < -0.4 is 5.32 Å². The smallest absolute Gasteiger partial charge is 0.345 e. The Kier molecular flexibility index (Phi) is 3.92. The molecule has 1 amide bonds. The molecule has 0 aromatic carbocycles.